The van der Waals surface area contributed by atoms with E-state index in [1.807, 2.05) is 0 Å². The molecule has 0 bridgehead atoms. The predicted octanol–water partition coefficient (Wildman–Crippen LogP) is 0.766. The van der Waals surface area contributed by atoms with Crippen LogP contribution in [0.4, 0.5) is 5.69 Å². The van der Waals surface area contributed by atoms with Gasteiger partial charge in [0.25, 0.3) is 0 Å². The topological polar surface area (TPSA) is 89.3 Å². The Hall–Kier alpha value is -1.56. The first-order valence-corrected chi connectivity index (χ1v) is 6.91. The van der Waals surface area contributed by atoms with Gasteiger partial charge in [0.05, 0.1) is 16.3 Å². The van der Waals surface area contributed by atoms with Crippen LogP contribution >= 0.6 is 0 Å². The zero-order valence-electron chi connectivity index (χ0n) is 9.80. The fourth-order valence-corrected chi connectivity index (χ4v) is 2.38. The Morgan fingerprint density at radius 3 is 2.53 bits per heavy atom. The van der Waals surface area contributed by atoms with Crippen LogP contribution in [-0.4, -0.2) is 26.1 Å². The number of primary amides is 1. The van der Waals surface area contributed by atoms with Crippen molar-refractivity contribution in [1.82, 2.24) is 0 Å². The van der Waals surface area contributed by atoms with Gasteiger partial charge < -0.3 is 11.1 Å². The molecule has 5 nitrogen and oxygen atoms in total. The Bertz CT molecular complexity index is 511. The maximum absolute atomic E-state index is 11.8. The monoisotopic (exact) mass is 256 g/mol. The maximum Gasteiger partial charge on any atom is 0.239 e. The third-order valence-electron chi connectivity index (χ3n) is 2.40. The number of anilines is 1. The lowest BCUT2D eigenvalue weighted by Gasteiger charge is -2.15. The molecule has 0 aromatic heterocycles. The first kappa shape index (κ1) is 13.5. The average molecular weight is 256 g/mol. The normalized spacial score (nSPS) is 13.1. The molecule has 0 aliphatic heterocycles. The second-order valence-electron chi connectivity index (χ2n) is 3.67. The van der Waals surface area contributed by atoms with E-state index in [0.717, 1.165) is 0 Å². The van der Waals surface area contributed by atoms with E-state index in [1.165, 1.54) is 6.07 Å². The molecular weight excluding hydrogens is 240 g/mol. The maximum atomic E-state index is 11.8. The Labute approximate surface area is 101 Å². The van der Waals surface area contributed by atoms with Gasteiger partial charge in [0, 0.05) is 0 Å². The van der Waals surface area contributed by atoms with E-state index in [1.54, 1.807) is 32.0 Å². The molecule has 0 heterocycles. The number of para-hydroxylation sites is 1. The number of amides is 1. The molecule has 6 heteroatoms. The van der Waals surface area contributed by atoms with E-state index in [0.29, 0.717) is 5.69 Å². The quantitative estimate of drug-likeness (QED) is 0.814. The summed E-state index contributed by atoms with van der Waals surface area (Å²) in [6.07, 6.45) is 0. The third-order valence-corrected chi connectivity index (χ3v) is 4.19. The van der Waals surface area contributed by atoms with Crippen LogP contribution in [0.15, 0.2) is 29.2 Å². The van der Waals surface area contributed by atoms with Crippen LogP contribution < -0.4 is 11.1 Å². The fraction of sp³-hybridized carbons (Fsp3) is 0.364. The highest BCUT2D eigenvalue weighted by Gasteiger charge is 2.18. The summed E-state index contributed by atoms with van der Waals surface area (Å²) in [6.45, 7) is 3.15. The van der Waals surface area contributed by atoms with Gasteiger partial charge in [-0.2, -0.15) is 0 Å². The van der Waals surface area contributed by atoms with Gasteiger partial charge in [-0.1, -0.05) is 19.1 Å². The molecule has 17 heavy (non-hydrogen) atoms. The summed E-state index contributed by atoms with van der Waals surface area (Å²) < 4.78 is 23.6. The van der Waals surface area contributed by atoms with Crippen LogP contribution in [0.5, 0.6) is 0 Å². The molecule has 0 aliphatic carbocycles. The molecule has 0 aliphatic rings. The largest absolute Gasteiger partial charge is 0.373 e. The van der Waals surface area contributed by atoms with Crippen LogP contribution in [0, 0.1) is 0 Å². The Morgan fingerprint density at radius 2 is 2.00 bits per heavy atom. The van der Waals surface area contributed by atoms with Crippen LogP contribution in [0.2, 0.25) is 0 Å². The first-order valence-electron chi connectivity index (χ1n) is 5.26. The van der Waals surface area contributed by atoms with Crippen molar-refractivity contribution >= 4 is 21.4 Å². The van der Waals surface area contributed by atoms with Crippen LogP contribution in [-0.2, 0) is 14.6 Å². The van der Waals surface area contributed by atoms with Crippen LogP contribution in [0.3, 0.4) is 0 Å². The zero-order valence-corrected chi connectivity index (χ0v) is 10.6. The zero-order chi connectivity index (χ0) is 13.1. The van der Waals surface area contributed by atoms with Gasteiger partial charge >= 0.3 is 0 Å². The van der Waals surface area contributed by atoms with E-state index < -0.39 is 21.8 Å². The summed E-state index contributed by atoms with van der Waals surface area (Å²) in [5, 5.41) is 2.80. The number of hydrogen-bond acceptors (Lipinski definition) is 4. The molecular formula is C11H16N2O3S. The summed E-state index contributed by atoms with van der Waals surface area (Å²) in [6, 6.07) is 5.84. The minimum atomic E-state index is -3.31. The van der Waals surface area contributed by atoms with E-state index in [9.17, 15) is 13.2 Å². The van der Waals surface area contributed by atoms with E-state index in [4.69, 9.17) is 5.73 Å². The molecule has 1 unspecified atom stereocenters. The van der Waals surface area contributed by atoms with E-state index in [-0.39, 0.29) is 10.6 Å². The lowest BCUT2D eigenvalue weighted by molar-refractivity contribution is -0.118. The van der Waals surface area contributed by atoms with Gasteiger partial charge in [-0.3, -0.25) is 4.79 Å². The molecule has 94 valence electrons. The molecule has 1 amide bonds. The Morgan fingerprint density at radius 1 is 1.41 bits per heavy atom. The summed E-state index contributed by atoms with van der Waals surface area (Å²) in [7, 11) is -3.31. The highest BCUT2D eigenvalue weighted by atomic mass is 32.2. The number of sulfone groups is 1. The highest BCUT2D eigenvalue weighted by Crippen LogP contribution is 2.22. The van der Waals surface area contributed by atoms with Crippen molar-refractivity contribution < 1.29 is 13.2 Å². The predicted molar refractivity (Wildman–Crippen MR) is 66.4 cm³/mol. The van der Waals surface area contributed by atoms with Crippen molar-refractivity contribution in [3.05, 3.63) is 24.3 Å². The van der Waals surface area contributed by atoms with Crippen LogP contribution in [0.1, 0.15) is 13.8 Å². The lowest BCUT2D eigenvalue weighted by atomic mass is 10.2. The molecule has 1 atom stereocenters. The minimum Gasteiger partial charge on any atom is -0.373 e. The van der Waals surface area contributed by atoms with E-state index >= 15 is 0 Å². The summed E-state index contributed by atoms with van der Waals surface area (Å²) in [5.41, 5.74) is 5.53. The third kappa shape index (κ3) is 3.20. The van der Waals surface area contributed by atoms with Gasteiger partial charge in [0.15, 0.2) is 9.84 Å². The molecule has 1 aromatic carbocycles. The van der Waals surface area contributed by atoms with Gasteiger partial charge in [0.1, 0.15) is 6.04 Å². The number of hydrogen-bond donors (Lipinski definition) is 2. The highest BCUT2D eigenvalue weighted by molar-refractivity contribution is 7.91. The van der Waals surface area contributed by atoms with Crippen LogP contribution in [0.25, 0.3) is 0 Å². The van der Waals surface area contributed by atoms with Crippen molar-refractivity contribution in [2.24, 2.45) is 5.73 Å². The number of nitrogens with one attached hydrogen (secondary N) is 1. The SMILES string of the molecule is CCS(=O)(=O)c1ccccc1NC(C)C(N)=O. The smallest absolute Gasteiger partial charge is 0.239 e. The molecule has 0 saturated carbocycles. The van der Waals surface area contributed by atoms with Crippen molar-refractivity contribution in [1.29, 1.82) is 0 Å². The second-order valence-corrected chi connectivity index (χ2v) is 5.91. The molecule has 3 N–H and O–H groups in total. The lowest BCUT2D eigenvalue weighted by Crippen LogP contribution is -2.33. The van der Waals surface area contributed by atoms with Crippen molar-refractivity contribution in [2.45, 2.75) is 24.8 Å². The fourth-order valence-electron chi connectivity index (χ4n) is 1.32. The van der Waals surface area contributed by atoms with Crippen molar-refractivity contribution in [3.63, 3.8) is 0 Å². The van der Waals surface area contributed by atoms with Gasteiger partial charge in [0.2, 0.25) is 5.91 Å². The van der Waals surface area contributed by atoms with Gasteiger partial charge in [-0.25, -0.2) is 8.42 Å². The summed E-state index contributed by atoms with van der Waals surface area (Å²) >= 11 is 0. The molecule has 1 rings (SSSR count). The van der Waals surface area contributed by atoms with Crippen molar-refractivity contribution in [3.8, 4) is 0 Å². The minimum absolute atomic E-state index is 0.0106. The molecule has 1 aromatic rings. The van der Waals surface area contributed by atoms with Crippen molar-refractivity contribution in [2.75, 3.05) is 11.1 Å². The van der Waals surface area contributed by atoms with Gasteiger partial charge in [-0.05, 0) is 19.1 Å². The first-order chi connectivity index (χ1) is 7.88. The average Bonchev–Trinajstić information content (AvgIpc) is 2.29. The molecule has 0 radical (unpaired) electrons. The molecule has 0 spiro atoms. The Kier molecular flexibility index (Phi) is 4.11. The number of carbonyl (C=O) groups excluding carboxylic acids is 1. The summed E-state index contributed by atoms with van der Waals surface area (Å²) in [5.74, 6) is -0.523. The number of benzene rings is 1. The summed E-state index contributed by atoms with van der Waals surface area (Å²) in [4.78, 5) is 11.1. The number of rotatable bonds is 5. The second kappa shape index (κ2) is 5.18. The number of carbonyl (C=O) groups is 1. The number of nitrogens with two attached hydrogens (primary N) is 1. The Balaban J connectivity index is 3.14. The van der Waals surface area contributed by atoms with Gasteiger partial charge in [-0.15, -0.1) is 0 Å². The standard InChI is InChI=1S/C11H16N2O3S/c1-3-17(15,16)10-7-5-4-6-9(10)13-8(2)11(12)14/h4-8,13H,3H2,1-2H3,(H2,12,14). The molecule has 0 fully saturated rings. The molecule has 0 saturated heterocycles. The van der Waals surface area contributed by atoms with E-state index in [2.05, 4.69) is 5.32 Å².